The first-order valence-electron chi connectivity index (χ1n) is 7.92. The Bertz CT molecular complexity index is 495. The maximum Gasteiger partial charge on any atom is 0.227 e. The minimum Gasteiger partial charge on any atom is -0.328 e. The molecule has 0 aliphatic heterocycles. The Hall–Kier alpha value is -1.66. The predicted octanol–water partition coefficient (Wildman–Crippen LogP) is 2.06. The maximum atomic E-state index is 12.4. The molecular formula is C16H27N5O. The number of pyridine rings is 1. The van der Waals surface area contributed by atoms with E-state index in [4.69, 9.17) is 5.73 Å². The smallest absolute Gasteiger partial charge is 0.227 e. The van der Waals surface area contributed by atoms with E-state index < -0.39 is 0 Å². The molecule has 1 unspecified atom stereocenters. The molecule has 0 saturated heterocycles. The largest absolute Gasteiger partial charge is 0.328 e. The molecule has 1 amide bonds. The number of hydrogen-bond donors (Lipinski definition) is 3. The van der Waals surface area contributed by atoms with E-state index in [0.717, 1.165) is 31.4 Å². The van der Waals surface area contributed by atoms with E-state index >= 15 is 0 Å². The van der Waals surface area contributed by atoms with Gasteiger partial charge in [-0.15, -0.1) is 0 Å². The first kappa shape index (κ1) is 16.7. The molecule has 1 aliphatic rings. The molecule has 0 aromatic carbocycles. The van der Waals surface area contributed by atoms with Crippen LogP contribution in [0.1, 0.15) is 32.6 Å². The summed E-state index contributed by atoms with van der Waals surface area (Å²) in [6.07, 6.45) is 5.62. The monoisotopic (exact) mass is 305 g/mol. The SMILES string of the molecule is CC(N)C1CCC(C(=O)Nc2ccnc(NN(C)C)c2)CC1. The molecule has 0 radical (unpaired) electrons. The van der Waals surface area contributed by atoms with E-state index in [0.29, 0.717) is 11.7 Å². The summed E-state index contributed by atoms with van der Waals surface area (Å²) in [7, 11) is 3.79. The number of hydrogen-bond acceptors (Lipinski definition) is 5. The van der Waals surface area contributed by atoms with Crippen LogP contribution in [0.3, 0.4) is 0 Å². The van der Waals surface area contributed by atoms with Crippen LogP contribution in [0.4, 0.5) is 11.5 Å². The number of hydrazine groups is 1. The molecule has 1 saturated carbocycles. The number of rotatable bonds is 5. The number of anilines is 2. The Labute approximate surface area is 132 Å². The standard InChI is InChI=1S/C16H27N5O/c1-11(17)12-4-6-13(7-5-12)16(22)19-14-8-9-18-15(10-14)20-21(2)3/h8-13H,4-7,17H2,1-3H3,(H2,18,19,20,22). The van der Waals surface area contributed by atoms with E-state index in [-0.39, 0.29) is 17.9 Å². The maximum absolute atomic E-state index is 12.4. The number of carbonyl (C=O) groups excluding carboxylic acids is 1. The third-order valence-corrected chi connectivity index (χ3v) is 4.25. The fraction of sp³-hybridized carbons (Fsp3) is 0.625. The molecule has 122 valence electrons. The summed E-state index contributed by atoms with van der Waals surface area (Å²) in [4.78, 5) is 16.6. The number of amides is 1. The minimum atomic E-state index is 0.0911. The summed E-state index contributed by atoms with van der Waals surface area (Å²) in [5.74, 6) is 1.46. The highest BCUT2D eigenvalue weighted by Crippen LogP contribution is 2.31. The molecular weight excluding hydrogens is 278 g/mol. The second kappa shape index (κ2) is 7.56. The van der Waals surface area contributed by atoms with Gasteiger partial charge in [-0.05, 0) is 44.6 Å². The van der Waals surface area contributed by atoms with Crippen LogP contribution in [-0.2, 0) is 4.79 Å². The molecule has 4 N–H and O–H groups in total. The van der Waals surface area contributed by atoms with Gasteiger partial charge in [-0.2, -0.15) is 0 Å². The zero-order valence-electron chi connectivity index (χ0n) is 13.7. The first-order valence-corrected chi connectivity index (χ1v) is 7.92. The lowest BCUT2D eigenvalue weighted by atomic mass is 9.79. The van der Waals surface area contributed by atoms with Crippen LogP contribution in [0.25, 0.3) is 0 Å². The predicted molar refractivity (Wildman–Crippen MR) is 89.3 cm³/mol. The molecule has 1 heterocycles. The number of nitrogens with zero attached hydrogens (tertiary/aromatic N) is 2. The van der Waals surface area contributed by atoms with Crippen molar-refractivity contribution in [2.75, 3.05) is 24.8 Å². The third-order valence-electron chi connectivity index (χ3n) is 4.25. The highest BCUT2D eigenvalue weighted by Gasteiger charge is 2.27. The van der Waals surface area contributed by atoms with Crippen molar-refractivity contribution in [1.29, 1.82) is 0 Å². The fourth-order valence-corrected chi connectivity index (χ4v) is 2.95. The van der Waals surface area contributed by atoms with Gasteiger partial charge >= 0.3 is 0 Å². The summed E-state index contributed by atoms with van der Waals surface area (Å²) in [6.45, 7) is 2.06. The van der Waals surface area contributed by atoms with Crippen molar-refractivity contribution >= 4 is 17.4 Å². The van der Waals surface area contributed by atoms with Crippen LogP contribution < -0.4 is 16.5 Å². The van der Waals surface area contributed by atoms with E-state index in [1.54, 1.807) is 6.20 Å². The fourth-order valence-electron chi connectivity index (χ4n) is 2.95. The molecule has 1 fully saturated rings. The summed E-state index contributed by atoms with van der Waals surface area (Å²) in [5, 5.41) is 4.81. The Kier molecular flexibility index (Phi) is 5.74. The quantitative estimate of drug-likeness (QED) is 0.725. The first-order chi connectivity index (χ1) is 10.5. The molecule has 1 aromatic heterocycles. The molecule has 22 heavy (non-hydrogen) atoms. The van der Waals surface area contributed by atoms with Gasteiger partial charge < -0.3 is 16.5 Å². The number of aromatic nitrogens is 1. The van der Waals surface area contributed by atoms with Gasteiger partial charge in [-0.25, -0.2) is 9.99 Å². The van der Waals surface area contributed by atoms with E-state index in [2.05, 4.69) is 22.7 Å². The van der Waals surface area contributed by atoms with E-state index in [9.17, 15) is 4.79 Å². The van der Waals surface area contributed by atoms with Gasteiger partial charge in [0.1, 0.15) is 5.82 Å². The zero-order chi connectivity index (χ0) is 16.1. The van der Waals surface area contributed by atoms with Crippen molar-refractivity contribution in [2.45, 2.75) is 38.6 Å². The van der Waals surface area contributed by atoms with Gasteiger partial charge in [-0.1, -0.05) is 0 Å². The Morgan fingerprint density at radius 1 is 1.36 bits per heavy atom. The third kappa shape index (κ3) is 4.68. The van der Waals surface area contributed by atoms with Crippen LogP contribution in [0.5, 0.6) is 0 Å². The molecule has 1 aliphatic carbocycles. The molecule has 6 heteroatoms. The highest BCUT2D eigenvalue weighted by atomic mass is 16.1. The van der Waals surface area contributed by atoms with Crippen molar-refractivity contribution in [3.8, 4) is 0 Å². The lowest BCUT2D eigenvalue weighted by Gasteiger charge is -2.30. The number of nitrogens with two attached hydrogens (primary N) is 1. The van der Waals surface area contributed by atoms with Gasteiger partial charge in [-0.3, -0.25) is 4.79 Å². The minimum absolute atomic E-state index is 0.0911. The normalized spacial score (nSPS) is 23.1. The topological polar surface area (TPSA) is 83.3 Å². The molecule has 2 rings (SSSR count). The molecule has 1 aromatic rings. The van der Waals surface area contributed by atoms with Crippen molar-refractivity contribution in [3.05, 3.63) is 18.3 Å². The summed E-state index contributed by atoms with van der Waals surface area (Å²) in [5.41, 5.74) is 9.80. The van der Waals surface area contributed by atoms with Crippen LogP contribution >= 0.6 is 0 Å². The Morgan fingerprint density at radius 2 is 2.05 bits per heavy atom. The van der Waals surface area contributed by atoms with Crippen molar-refractivity contribution in [3.63, 3.8) is 0 Å². The molecule has 0 bridgehead atoms. The van der Waals surface area contributed by atoms with E-state index in [1.807, 2.05) is 31.2 Å². The zero-order valence-corrected chi connectivity index (χ0v) is 13.7. The number of carbonyl (C=O) groups is 1. The van der Waals surface area contributed by atoms with Crippen molar-refractivity contribution in [1.82, 2.24) is 9.99 Å². The van der Waals surface area contributed by atoms with Gasteiger partial charge in [0.05, 0.1) is 0 Å². The van der Waals surface area contributed by atoms with Crippen LogP contribution in [0.2, 0.25) is 0 Å². The lowest BCUT2D eigenvalue weighted by Crippen LogP contribution is -2.33. The Balaban J connectivity index is 1.90. The summed E-state index contributed by atoms with van der Waals surface area (Å²) < 4.78 is 0. The van der Waals surface area contributed by atoms with Crippen LogP contribution in [-0.4, -0.2) is 36.0 Å². The van der Waals surface area contributed by atoms with Crippen LogP contribution in [0, 0.1) is 11.8 Å². The van der Waals surface area contributed by atoms with Gasteiger partial charge in [0, 0.05) is 44.0 Å². The average Bonchev–Trinajstić information content (AvgIpc) is 2.47. The van der Waals surface area contributed by atoms with Crippen LogP contribution in [0.15, 0.2) is 18.3 Å². The molecule has 1 atom stereocenters. The van der Waals surface area contributed by atoms with Crippen molar-refractivity contribution < 1.29 is 4.79 Å². The van der Waals surface area contributed by atoms with Gasteiger partial charge in [0.25, 0.3) is 0 Å². The second-order valence-electron chi connectivity index (χ2n) is 6.40. The summed E-state index contributed by atoms with van der Waals surface area (Å²) in [6, 6.07) is 3.88. The Morgan fingerprint density at radius 3 is 2.64 bits per heavy atom. The van der Waals surface area contributed by atoms with Crippen molar-refractivity contribution in [2.24, 2.45) is 17.6 Å². The average molecular weight is 305 g/mol. The van der Waals surface area contributed by atoms with Gasteiger partial charge in [0.15, 0.2) is 0 Å². The lowest BCUT2D eigenvalue weighted by molar-refractivity contribution is -0.121. The van der Waals surface area contributed by atoms with Gasteiger partial charge in [0.2, 0.25) is 5.91 Å². The highest BCUT2D eigenvalue weighted by molar-refractivity contribution is 5.92. The molecule has 6 nitrogen and oxygen atoms in total. The number of nitrogens with one attached hydrogen (secondary N) is 2. The summed E-state index contributed by atoms with van der Waals surface area (Å²) >= 11 is 0. The van der Waals surface area contributed by atoms with E-state index in [1.165, 1.54) is 0 Å². The molecule has 0 spiro atoms. The second-order valence-corrected chi connectivity index (χ2v) is 6.40.